The molecule has 0 radical (unpaired) electrons. The first-order valence-corrected chi connectivity index (χ1v) is 11.4. The average molecular weight is 405 g/mol. The van der Waals surface area contributed by atoms with E-state index >= 15 is 0 Å². The maximum Gasteiger partial charge on any atom is 0.251 e. The molecule has 28 heavy (non-hydrogen) atoms. The lowest BCUT2D eigenvalue weighted by atomic mass is 10.1. The Kier molecular flexibility index (Phi) is 7.87. The number of anilines is 1. The molecule has 0 atom stereocenters. The number of rotatable bonds is 10. The van der Waals surface area contributed by atoms with Crippen molar-refractivity contribution in [2.75, 3.05) is 24.7 Å². The second-order valence-corrected chi connectivity index (χ2v) is 8.56. The van der Waals surface area contributed by atoms with Crippen molar-refractivity contribution < 1.29 is 17.9 Å². The third-order valence-corrected chi connectivity index (χ3v) is 5.16. The Hall–Kier alpha value is -2.54. The highest BCUT2D eigenvalue weighted by molar-refractivity contribution is 7.90. The lowest BCUT2D eigenvalue weighted by molar-refractivity contribution is 0.0953. The molecule has 152 valence electrons. The van der Waals surface area contributed by atoms with E-state index in [-0.39, 0.29) is 22.1 Å². The Morgan fingerprint density at radius 2 is 1.75 bits per heavy atom. The number of hydrogen-bond donors (Lipinski definition) is 2. The van der Waals surface area contributed by atoms with Crippen LogP contribution in [0.15, 0.2) is 47.4 Å². The number of benzene rings is 2. The number of unbranched alkanes of at least 4 members (excludes halogenated alkanes) is 1. The van der Waals surface area contributed by atoms with Crippen LogP contribution in [0.25, 0.3) is 0 Å². The van der Waals surface area contributed by atoms with Crippen LogP contribution < -0.4 is 15.4 Å². The van der Waals surface area contributed by atoms with Gasteiger partial charge in [-0.25, -0.2) is 8.42 Å². The van der Waals surface area contributed by atoms with E-state index in [1.807, 2.05) is 25.1 Å². The molecule has 0 aliphatic rings. The molecule has 2 N–H and O–H groups in total. The maximum atomic E-state index is 12.5. The summed E-state index contributed by atoms with van der Waals surface area (Å²) in [5.74, 6) is 0.419. The Balaban J connectivity index is 2.55. The minimum atomic E-state index is -3.63. The van der Waals surface area contributed by atoms with Crippen molar-refractivity contribution >= 4 is 21.4 Å². The summed E-state index contributed by atoms with van der Waals surface area (Å²) in [5, 5.41) is 6.02. The van der Waals surface area contributed by atoms with E-state index in [9.17, 15) is 13.2 Å². The SMILES string of the molecule is CCCCNc1cc(C(=O)NCCC)cc(S(C)(=O)=O)c1Oc1ccccc1. The standard InChI is InChI=1S/C21H28N2O4S/c1-4-6-13-22-18-14-16(21(24)23-12-5-2)15-19(28(3,25)26)20(18)27-17-10-8-7-9-11-17/h7-11,14-15,22H,4-6,12-13H2,1-3H3,(H,23,24). The van der Waals surface area contributed by atoms with Crippen LogP contribution in [0.3, 0.4) is 0 Å². The summed E-state index contributed by atoms with van der Waals surface area (Å²) in [6, 6.07) is 12.0. The first-order valence-electron chi connectivity index (χ1n) is 9.49. The second kappa shape index (κ2) is 10.1. The highest BCUT2D eigenvalue weighted by Crippen LogP contribution is 2.37. The zero-order valence-corrected chi connectivity index (χ0v) is 17.4. The van der Waals surface area contributed by atoms with Crippen LogP contribution >= 0.6 is 0 Å². The largest absolute Gasteiger partial charge is 0.454 e. The summed E-state index contributed by atoms with van der Waals surface area (Å²) < 4.78 is 30.9. The lowest BCUT2D eigenvalue weighted by Gasteiger charge is -2.18. The molecule has 0 aromatic heterocycles. The minimum Gasteiger partial charge on any atom is -0.454 e. The molecule has 0 fully saturated rings. The number of ether oxygens (including phenoxy) is 1. The van der Waals surface area contributed by atoms with Gasteiger partial charge in [-0.2, -0.15) is 0 Å². The molecular formula is C21H28N2O4S. The molecule has 6 nitrogen and oxygen atoms in total. The third kappa shape index (κ3) is 5.99. The predicted octanol–water partition coefficient (Wildman–Crippen LogP) is 4.23. The molecule has 2 rings (SSSR count). The van der Waals surface area contributed by atoms with Crippen LogP contribution in [0, 0.1) is 0 Å². The first kappa shape index (κ1) is 21.8. The Morgan fingerprint density at radius 1 is 1.04 bits per heavy atom. The molecule has 0 heterocycles. The molecule has 0 saturated carbocycles. The molecule has 7 heteroatoms. The number of sulfone groups is 1. The van der Waals surface area contributed by atoms with Gasteiger partial charge in [0, 0.05) is 24.9 Å². The topological polar surface area (TPSA) is 84.5 Å². The second-order valence-electron chi connectivity index (χ2n) is 6.57. The van der Waals surface area contributed by atoms with Gasteiger partial charge in [-0.15, -0.1) is 0 Å². The van der Waals surface area contributed by atoms with Crippen molar-refractivity contribution in [3.63, 3.8) is 0 Å². The fourth-order valence-corrected chi connectivity index (χ4v) is 3.42. The molecule has 0 saturated heterocycles. The van der Waals surface area contributed by atoms with Crippen molar-refractivity contribution in [3.8, 4) is 11.5 Å². The molecule has 2 aromatic rings. The van der Waals surface area contributed by atoms with Gasteiger partial charge in [-0.1, -0.05) is 38.5 Å². The van der Waals surface area contributed by atoms with Crippen LogP contribution in [-0.4, -0.2) is 33.7 Å². The molecule has 0 spiro atoms. The van der Waals surface area contributed by atoms with Gasteiger partial charge in [0.05, 0.1) is 5.69 Å². The Labute approximate surface area is 167 Å². The Morgan fingerprint density at radius 3 is 2.36 bits per heavy atom. The highest BCUT2D eigenvalue weighted by Gasteiger charge is 2.23. The van der Waals surface area contributed by atoms with E-state index in [0.717, 1.165) is 25.5 Å². The summed E-state index contributed by atoms with van der Waals surface area (Å²) in [5.41, 5.74) is 0.773. The maximum absolute atomic E-state index is 12.5. The van der Waals surface area contributed by atoms with Crippen molar-refractivity contribution in [2.24, 2.45) is 0 Å². The number of para-hydroxylation sites is 1. The van der Waals surface area contributed by atoms with E-state index in [1.165, 1.54) is 6.07 Å². The number of carbonyl (C=O) groups is 1. The van der Waals surface area contributed by atoms with Gasteiger partial charge in [0.25, 0.3) is 5.91 Å². The van der Waals surface area contributed by atoms with Crippen molar-refractivity contribution in [1.82, 2.24) is 5.32 Å². The van der Waals surface area contributed by atoms with E-state index in [1.54, 1.807) is 18.2 Å². The van der Waals surface area contributed by atoms with E-state index in [2.05, 4.69) is 17.6 Å². The molecule has 0 aliphatic carbocycles. The normalized spacial score (nSPS) is 11.1. The summed E-state index contributed by atoms with van der Waals surface area (Å²) >= 11 is 0. The number of nitrogens with one attached hydrogen (secondary N) is 2. The third-order valence-electron chi connectivity index (χ3n) is 4.06. The average Bonchev–Trinajstić information content (AvgIpc) is 2.67. The quantitative estimate of drug-likeness (QED) is 0.579. The molecule has 0 aliphatic heterocycles. The van der Waals surface area contributed by atoms with Gasteiger partial charge in [0.2, 0.25) is 0 Å². The monoisotopic (exact) mass is 404 g/mol. The van der Waals surface area contributed by atoms with Gasteiger partial charge < -0.3 is 15.4 Å². The van der Waals surface area contributed by atoms with Gasteiger partial charge in [-0.05, 0) is 37.1 Å². The van der Waals surface area contributed by atoms with Crippen molar-refractivity contribution in [2.45, 2.75) is 38.0 Å². The molecule has 1 amide bonds. The molecular weight excluding hydrogens is 376 g/mol. The van der Waals surface area contributed by atoms with Crippen LogP contribution in [0.4, 0.5) is 5.69 Å². The summed E-state index contributed by atoms with van der Waals surface area (Å²) in [6.45, 7) is 5.19. The summed E-state index contributed by atoms with van der Waals surface area (Å²) in [6.07, 6.45) is 3.80. The van der Waals surface area contributed by atoms with Gasteiger partial charge in [0.15, 0.2) is 15.6 Å². The fraction of sp³-hybridized carbons (Fsp3) is 0.381. The van der Waals surface area contributed by atoms with E-state index in [0.29, 0.717) is 24.5 Å². The smallest absolute Gasteiger partial charge is 0.251 e. The predicted molar refractivity (Wildman–Crippen MR) is 112 cm³/mol. The zero-order valence-electron chi connectivity index (χ0n) is 16.6. The van der Waals surface area contributed by atoms with Crippen LogP contribution in [0.1, 0.15) is 43.5 Å². The number of amides is 1. The van der Waals surface area contributed by atoms with Gasteiger partial charge in [0.1, 0.15) is 10.6 Å². The summed E-state index contributed by atoms with van der Waals surface area (Å²) in [7, 11) is -3.63. The van der Waals surface area contributed by atoms with Gasteiger partial charge >= 0.3 is 0 Å². The van der Waals surface area contributed by atoms with E-state index < -0.39 is 9.84 Å². The lowest BCUT2D eigenvalue weighted by Crippen LogP contribution is -2.24. The van der Waals surface area contributed by atoms with Crippen LogP contribution in [-0.2, 0) is 9.84 Å². The highest BCUT2D eigenvalue weighted by atomic mass is 32.2. The number of hydrogen-bond acceptors (Lipinski definition) is 5. The van der Waals surface area contributed by atoms with Gasteiger partial charge in [-0.3, -0.25) is 4.79 Å². The van der Waals surface area contributed by atoms with Crippen LogP contribution in [0.5, 0.6) is 11.5 Å². The number of carbonyl (C=O) groups excluding carboxylic acids is 1. The fourth-order valence-electron chi connectivity index (χ4n) is 2.59. The summed E-state index contributed by atoms with van der Waals surface area (Å²) in [4.78, 5) is 12.4. The van der Waals surface area contributed by atoms with Crippen molar-refractivity contribution in [1.29, 1.82) is 0 Å². The molecule has 0 bridgehead atoms. The Bertz CT molecular complexity index is 896. The van der Waals surface area contributed by atoms with E-state index in [4.69, 9.17) is 4.74 Å². The molecule has 0 unspecified atom stereocenters. The van der Waals surface area contributed by atoms with Crippen molar-refractivity contribution in [3.05, 3.63) is 48.0 Å². The zero-order chi connectivity index (χ0) is 20.6. The van der Waals surface area contributed by atoms with Crippen LogP contribution in [0.2, 0.25) is 0 Å². The first-order chi connectivity index (χ1) is 13.4. The molecule has 2 aromatic carbocycles. The minimum absolute atomic E-state index is 0.0144.